The number of hydrogen-bond acceptors (Lipinski definition) is 6. The van der Waals surface area contributed by atoms with E-state index in [1.807, 2.05) is 12.4 Å². The van der Waals surface area contributed by atoms with E-state index in [9.17, 15) is 0 Å². The maximum absolute atomic E-state index is 4.92. The second kappa shape index (κ2) is 5.37. The summed E-state index contributed by atoms with van der Waals surface area (Å²) in [5, 5.41) is 7.29. The van der Waals surface area contributed by atoms with E-state index in [-0.39, 0.29) is 0 Å². The van der Waals surface area contributed by atoms with Gasteiger partial charge >= 0.3 is 0 Å². The molecule has 0 amide bonds. The summed E-state index contributed by atoms with van der Waals surface area (Å²) >= 11 is 1.68. The van der Waals surface area contributed by atoms with Crippen molar-refractivity contribution in [2.45, 2.75) is 33.2 Å². The smallest absolute Gasteiger partial charge is 0.223 e. The largest absolute Gasteiger partial charge is 0.340 e. The van der Waals surface area contributed by atoms with Crippen LogP contribution >= 0.6 is 11.3 Å². The Kier molecular flexibility index (Phi) is 3.86. The highest BCUT2D eigenvalue weighted by atomic mass is 32.1. The van der Waals surface area contributed by atoms with Gasteiger partial charge in [0.25, 0.3) is 0 Å². The quantitative estimate of drug-likeness (QED) is 0.882. The van der Waals surface area contributed by atoms with E-state index >= 15 is 0 Å². The average Bonchev–Trinajstić information content (AvgIpc) is 2.87. The van der Waals surface area contributed by atoms with Crippen LogP contribution in [0, 0.1) is 13.8 Å². The first kappa shape index (κ1) is 12.2. The van der Waals surface area contributed by atoms with Crippen molar-refractivity contribution in [1.29, 1.82) is 0 Å². The molecule has 2 rings (SSSR count). The summed E-state index contributed by atoms with van der Waals surface area (Å²) in [5.74, 6) is 1.37. The molecule has 2 heterocycles. The van der Waals surface area contributed by atoms with Crippen LogP contribution in [0.5, 0.6) is 0 Å². The monoisotopic (exact) mass is 252 g/mol. The lowest BCUT2D eigenvalue weighted by molar-refractivity contribution is 0.386. The first-order chi connectivity index (χ1) is 8.16. The Morgan fingerprint density at radius 3 is 2.88 bits per heavy atom. The van der Waals surface area contributed by atoms with Gasteiger partial charge in [0, 0.05) is 30.8 Å². The molecule has 0 saturated heterocycles. The molecule has 0 saturated carbocycles. The van der Waals surface area contributed by atoms with Gasteiger partial charge in [-0.15, -0.1) is 11.3 Å². The zero-order valence-corrected chi connectivity index (χ0v) is 11.0. The third-order valence-electron chi connectivity index (χ3n) is 2.54. The van der Waals surface area contributed by atoms with E-state index in [4.69, 9.17) is 4.52 Å². The van der Waals surface area contributed by atoms with Crippen molar-refractivity contribution in [2.75, 3.05) is 6.54 Å². The molecule has 2 aromatic rings. The zero-order valence-electron chi connectivity index (χ0n) is 10.2. The molecular weight excluding hydrogens is 236 g/mol. The van der Waals surface area contributed by atoms with Crippen molar-refractivity contribution in [2.24, 2.45) is 0 Å². The average molecular weight is 252 g/mol. The number of nitrogens with zero attached hydrogens (tertiary/aromatic N) is 3. The van der Waals surface area contributed by atoms with Crippen LogP contribution in [-0.4, -0.2) is 21.7 Å². The lowest BCUT2D eigenvalue weighted by atomic mass is 10.2. The first-order valence-corrected chi connectivity index (χ1v) is 6.47. The highest BCUT2D eigenvalue weighted by Gasteiger charge is 2.10. The summed E-state index contributed by atoms with van der Waals surface area (Å²) in [4.78, 5) is 9.69. The Labute approximate surface area is 104 Å². The van der Waals surface area contributed by atoms with Crippen LogP contribution < -0.4 is 5.32 Å². The molecule has 5 nitrogen and oxygen atoms in total. The third kappa shape index (κ3) is 3.10. The minimum Gasteiger partial charge on any atom is -0.340 e. The highest BCUT2D eigenvalue weighted by Crippen LogP contribution is 2.20. The standard InChI is InChI=1S/C11H16N4OS/c1-7(11-8(2)13-6-17-11)12-5-4-10-14-9(3)16-15-10/h6-7,12H,4-5H2,1-3H3. The summed E-state index contributed by atoms with van der Waals surface area (Å²) in [5.41, 5.74) is 2.98. The Hall–Kier alpha value is -1.27. The van der Waals surface area contributed by atoms with Gasteiger partial charge in [-0.1, -0.05) is 5.16 Å². The molecule has 1 atom stereocenters. The molecule has 0 bridgehead atoms. The van der Waals surface area contributed by atoms with Gasteiger partial charge in [0.05, 0.1) is 11.2 Å². The number of hydrogen-bond donors (Lipinski definition) is 1. The maximum atomic E-state index is 4.92. The second-order valence-corrected chi connectivity index (χ2v) is 4.84. The van der Waals surface area contributed by atoms with Crippen molar-refractivity contribution in [3.05, 3.63) is 27.8 Å². The van der Waals surface area contributed by atoms with Crippen LogP contribution in [0.25, 0.3) is 0 Å². The normalized spacial score (nSPS) is 12.9. The Morgan fingerprint density at radius 1 is 1.47 bits per heavy atom. The molecule has 0 aliphatic carbocycles. The number of thiazole rings is 1. The Bertz CT molecular complexity index is 479. The van der Waals surface area contributed by atoms with Crippen LogP contribution in [0.1, 0.15) is 35.3 Å². The predicted octanol–water partition coefficient (Wildman–Crippen LogP) is 2.04. The topological polar surface area (TPSA) is 63.8 Å². The van der Waals surface area contributed by atoms with E-state index in [2.05, 4.69) is 27.4 Å². The molecule has 0 aliphatic heterocycles. The fourth-order valence-electron chi connectivity index (χ4n) is 1.66. The molecule has 1 unspecified atom stereocenters. The van der Waals surface area contributed by atoms with Gasteiger partial charge in [-0.25, -0.2) is 4.98 Å². The molecule has 0 aromatic carbocycles. The van der Waals surface area contributed by atoms with E-state index in [1.165, 1.54) is 4.88 Å². The highest BCUT2D eigenvalue weighted by molar-refractivity contribution is 7.09. The van der Waals surface area contributed by atoms with Gasteiger partial charge in [0.1, 0.15) is 0 Å². The van der Waals surface area contributed by atoms with Gasteiger partial charge in [0.15, 0.2) is 5.82 Å². The zero-order chi connectivity index (χ0) is 12.3. The SMILES string of the molecule is Cc1nc(CCNC(C)c2scnc2C)no1. The Morgan fingerprint density at radius 2 is 2.29 bits per heavy atom. The van der Waals surface area contributed by atoms with Crippen molar-refractivity contribution < 1.29 is 4.52 Å². The van der Waals surface area contributed by atoms with Crippen molar-refractivity contribution in [3.63, 3.8) is 0 Å². The molecular formula is C11H16N4OS. The molecule has 0 aliphatic rings. The Balaban J connectivity index is 1.81. The van der Waals surface area contributed by atoms with E-state index < -0.39 is 0 Å². The van der Waals surface area contributed by atoms with Crippen LogP contribution in [0.4, 0.5) is 0 Å². The van der Waals surface area contributed by atoms with Crippen LogP contribution in [0.2, 0.25) is 0 Å². The van der Waals surface area contributed by atoms with E-state index in [0.29, 0.717) is 11.9 Å². The first-order valence-electron chi connectivity index (χ1n) is 5.59. The summed E-state index contributed by atoms with van der Waals surface area (Å²) in [7, 11) is 0. The molecule has 0 radical (unpaired) electrons. The van der Waals surface area contributed by atoms with Gasteiger partial charge in [-0.05, 0) is 13.8 Å². The number of rotatable bonds is 5. The predicted molar refractivity (Wildman–Crippen MR) is 66.0 cm³/mol. The lowest BCUT2D eigenvalue weighted by Gasteiger charge is -2.11. The van der Waals surface area contributed by atoms with E-state index in [1.54, 1.807) is 18.3 Å². The van der Waals surface area contributed by atoms with Gasteiger partial charge in [0.2, 0.25) is 5.89 Å². The lowest BCUT2D eigenvalue weighted by Crippen LogP contribution is -2.21. The molecule has 1 N–H and O–H groups in total. The molecule has 92 valence electrons. The fraction of sp³-hybridized carbons (Fsp3) is 0.545. The number of aryl methyl sites for hydroxylation is 2. The van der Waals surface area contributed by atoms with Crippen LogP contribution in [0.3, 0.4) is 0 Å². The third-order valence-corrected chi connectivity index (χ3v) is 3.66. The number of nitrogens with one attached hydrogen (secondary N) is 1. The van der Waals surface area contributed by atoms with Crippen molar-refractivity contribution >= 4 is 11.3 Å². The molecule has 0 spiro atoms. The molecule has 0 fully saturated rings. The van der Waals surface area contributed by atoms with Crippen LogP contribution in [0.15, 0.2) is 10.0 Å². The fourth-order valence-corrected chi connectivity index (χ4v) is 2.50. The molecule has 17 heavy (non-hydrogen) atoms. The van der Waals surface area contributed by atoms with Gasteiger partial charge in [-0.3, -0.25) is 0 Å². The molecule has 6 heteroatoms. The van der Waals surface area contributed by atoms with Crippen LogP contribution in [-0.2, 0) is 6.42 Å². The van der Waals surface area contributed by atoms with Gasteiger partial charge in [-0.2, -0.15) is 4.98 Å². The van der Waals surface area contributed by atoms with E-state index in [0.717, 1.165) is 24.5 Å². The number of aromatic nitrogens is 3. The van der Waals surface area contributed by atoms with Crippen molar-refractivity contribution in [1.82, 2.24) is 20.4 Å². The maximum Gasteiger partial charge on any atom is 0.223 e. The molecule has 2 aromatic heterocycles. The summed E-state index contributed by atoms with van der Waals surface area (Å²) < 4.78 is 4.92. The minimum absolute atomic E-state index is 0.315. The second-order valence-electron chi connectivity index (χ2n) is 3.96. The minimum atomic E-state index is 0.315. The van der Waals surface area contributed by atoms with Crippen molar-refractivity contribution in [3.8, 4) is 0 Å². The van der Waals surface area contributed by atoms with Gasteiger partial charge < -0.3 is 9.84 Å². The summed E-state index contributed by atoms with van der Waals surface area (Å²) in [6.45, 7) is 6.80. The summed E-state index contributed by atoms with van der Waals surface area (Å²) in [6.07, 6.45) is 0.777. The summed E-state index contributed by atoms with van der Waals surface area (Å²) in [6, 6.07) is 0.315.